The second-order valence-electron chi connectivity index (χ2n) is 7.11. The maximum atomic E-state index is 12.8. The number of hydrogen-bond acceptors (Lipinski definition) is 5. The Kier molecular flexibility index (Phi) is 3.66. The van der Waals surface area contributed by atoms with E-state index in [0.29, 0.717) is 18.0 Å². The maximum Gasteiger partial charge on any atom is 0.276 e. The van der Waals surface area contributed by atoms with Crippen molar-refractivity contribution in [1.82, 2.24) is 24.8 Å². The van der Waals surface area contributed by atoms with Crippen molar-refractivity contribution in [2.75, 3.05) is 13.1 Å². The van der Waals surface area contributed by atoms with E-state index in [9.17, 15) is 4.79 Å². The summed E-state index contributed by atoms with van der Waals surface area (Å²) >= 11 is 0. The van der Waals surface area contributed by atoms with Gasteiger partial charge in [0.25, 0.3) is 5.91 Å². The highest BCUT2D eigenvalue weighted by atomic mass is 16.5. The van der Waals surface area contributed by atoms with Gasteiger partial charge in [-0.2, -0.15) is 0 Å². The fraction of sp³-hybridized carbons (Fsp3) is 0.647. The van der Waals surface area contributed by atoms with E-state index in [1.165, 1.54) is 12.8 Å². The van der Waals surface area contributed by atoms with Crippen LogP contribution < -0.4 is 0 Å². The number of amides is 1. The van der Waals surface area contributed by atoms with Crippen molar-refractivity contribution in [3.8, 4) is 0 Å². The number of aromatic nitrogens is 4. The van der Waals surface area contributed by atoms with Crippen LogP contribution in [0, 0.1) is 12.3 Å². The van der Waals surface area contributed by atoms with Gasteiger partial charge < -0.3 is 14.0 Å². The van der Waals surface area contributed by atoms with E-state index in [1.807, 2.05) is 4.90 Å². The molecule has 1 aliphatic heterocycles. The molecule has 4 rings (SSSR count). The van der Waals surface area contributed by atoms with Crippen LogP contribution in [0.2, 0.25) is 0 Å². The summed E-state index contributed by atoms with van der Waals surface area (Å²) in [5.74, 6) is 1.89. The largest absolute Gasteiger partial charge is 0.361 e. The van der Waals surface area contributed by atoms with E-state index in [4.69, 9.17) is 4.52 Å². The number of likely N-dealkylation sites (tertiary alicyclic amines) is 1. The van der Waals surface area contributed by atoms with Gasteiger partial charge in [0.2, 0.25) is 0 Å². The van der Waals surface area contributed by atoms with E-state index in [-0.39, 0.29) is 17.2 Å². The first-order valence-corrected chi connectivity index (χ1v) is 8.73. The van der Waals surface area contributed by atoms with Crippen LogP contribution in [0.1, 0.15) is 60.6 Å². The third-order valence-corrected chi connectivity index (χ3v) is 5.68. The number of rotatable bonds is 3. The van der Waals surface area contributed by atoms with Crippen molar-refractivity contribution in [3.63, 3.8) is 0 Å². The van der Waals surface area contributed by atoms with Gasteiger partial charge in [-0.1, -0.05) is 18.0 Å². The molecule has 2 aliphatic rings. The van der Waals surface area contributed by atoms with Crippen LogP contribution in [-0.4, -0.2) is 43.8 Å². The van der Waals surface area contributed by atoms with E-state index < -0.39 is 0 Å². The van der Waals surface area contributed by atoms with Gasteiger partial charge in [0.1, 0.15) is 17.9 Å². The lowest BCUT2D eigenvalue weighted by atomic mass is 9.76. The Morgan fingerprint density at radius 2 is 2.21 bits per heavy atom. The van der Waals surface area contributed by atoms with Crippen LogP contribution in [0.5, 0.6) is 0 Å². The highest BCUT2D eigenvalue weighted by Crippen LogP contribution is 2.53. The van der Waals surface area contributed by atoms with E-state index >= 15 is 0 Å². The van der Waals surface area contributed by atoms with E-state index in [2.05, 4.69) is 26.8 Å². The lowest BCUT2D eigenvalue weighted by Crippen LogP contribution is -2.31. The molecule has 0 aromatic carbocycles. The smallest absolute Gasteiger partial charge is 0.276 e. The Morgan fingerprint density at radius 1 is 1.42 bits per heavy atom. The molecular weight excluding hydrogens is 306 g/mol. The lowest BCUT2D eigenvalue weighted by molar-refractivity contribution is 0.0763. The molecule has 24 heavy (non-hydrogen) atoms. The van der Waals surface area contributed by atoms with Crippen LogP contribution in [-0.2, 0) is 6.54 Å². The van der Waals surface area contributed by atoms with Crippen molar-refractivity contribution in [2.45, 2.75) is 52.0 Å². The van der Waals surface area contributed by atoms with Gasteiger partial charge in [0.05, 0.1) is 0 Å². The van der Waals surface area contributed by atoms with Gasteiger partial charge in [0, 0.05) is 31.6 Å². The zero-order chi connectivity index (χ0) is 16.7. The summed E-state index contributed by atoms with van der Waals surface area (Å²) < 4.78 is 7.18. The molecule has 1 saturated heterocycles. The molecule has 0 radical (unpaired) electrons. The molecule has 128 valence electrons. The summed E-state index contributed by atoms with van der Waals surface area (Å²) in [6, 6.07) is 1.71. The van der Waals surface area contributed by atoms with Gasteiger partial charge >= 0.3 is 0 Å². The predicted octanol–water partition coefficient (Wildman–Crippen LogP) is 2.39. The molecule has 0 N–H and O–H groups in total. The molecule has 1 spiro atoms. The first kappa shape index (κ1) is 15.4. The average Bonchev–Trinajstić information content (AvgIpc) is 3.34. The number of carbonyl (C=O) groups is 1. The van der Waals surface area contributed by atoms with Crippen molar-refractivity contribution < 1.29 is 9.32 Å². The quantitative estimate of drug-likeness (QED) is 0.864. The SMILES string of the molecule is CCn1cnnc1C1CN(C(=O)c2cc(C)on2)CC12CCCC2. The fourth-order valence-corrected chi connectivity index (χ4v) is 4.47. The second kappa shape index (κ2) is 5.72. The fourth-order valence-electron chi connectivity index (χ4n) is 4.47. The second-order valence-corrected chi connectivity index (χ2v) is 7.11. The Morgan fingerprint density at radius 3 is 2.88 bits per heavy atom. The average molecular weight is 329 g/mol. The minimum atomic E-state index is -0.0387. The molecule has 1 atom stereocenters. The van der Waals surface area contributed by atoms with E-state index in [1.54, 1.807) is 19.3 Å². The zero-order valence-electron chi connectivity index (χ0n) is 14.2. The summed E-state index contributed by atoms with van der Waals surface area (Å²) in [6.45, 7) is 6.22. The molecule has 3 heterocycles. The summed E-state index contributed by atoms with van der Waals surface area (Å²) in [6.07, 6.45) is 6.54. The monoisotopic (exact) mass is 329 g/mol. The van der Waals surface area contributed by atoms with Gasteiger partial charge in [0.15, 0.2) is 5.69 Å². The molecule has 2 aromatic heterocycles. The molecule has 7 nitrogen and oxygen atoms in total. The molecule has 2 fully saturated rings. The van der Waals surface area contributed by atoms with Crippen molar-refractivity contribution >= 4 is 5.91 Å². The summed E-state index contributed by atoms with van der Waals surface area (Å²) in [7, 11) is 0. The molecule has 1 unspecified atom stereocenters. The third kappa shape index (κ3) is 2.34. The third-order valence-electron chi connectivity index (χ3n) is 5.68. The normalized spacial score (nSPS) is 22.6. The van der Waals surface area contributed by atoms with Crippen LogP contribution in [0.4, 0.5) is 0 Å². The van der Waals surface area contributed by atoms with Crippen molar-refractivity contribution in [3.05, 3.63) is 29.7 Å². The Labute approximate surface area is 141 Å². The molecule has 1 aliphatic carbocycles. The first-order valence-electron chi connectivity index (χ1n) is 8.73. The van der Waals surface area contributed by atoms with Crippen LogP contribution >= 0.6 is 0 Å². The summed E-state index contributed by atoms with van der Waals surface area (Å²) in [5.41, 5.74) is 0.534. The van der Waals surface area contributed by atoms with Crippen molar-refractivity contribution in [1.29, 1.82) is 0 Å². The highest BCUT2D eigenvalue weighted by molar-refractivity contribution is 5.92. The number of carbonyl (C=O) groups excluding carboxylic acids is 1. The zero-order valence-corrected chi connectivity index (χ0v) is 14.2. The Bertz CT molecular complexity index is 744. The topological polar surface area (TPSA) is 77.0 Å². The van der Waals surface area contributed by atoms with Gasteiger partial charge in [-0.05, 0) is 32.1 Å². The highest BCUT2D eigenvalue weighted by Gasteiger charge is 2.51. The Balaban J connectivity index is 1.65. The number of aryl methyl sites for hydroxylation is 2. The molecule has 1 amide bonds. The number of hydrogen-bond donors (Lipinski definition) is 0. The first-order chi connectivity index (χ1) is 11.6. The van der Waals surface area contributed by atoms with E-state index in [0.717, 1.165) is 31.8 Å². The van der Waals surface area contributed by atoms with Crippen molar-refractivity contribution in [2.24, 2.45) is 5.41 Å². The maximum absolute atomic E-state index is 12.8. The molecule has 1 saturated carbocycles. The predicted molar refractivity (Wildman–Crippen MR) is 86.5 cm³/mol. The van der Waals surface area contributed by atoms with Gasteiger partial charge in [-0.15, -0.1) is 10.2 Å². The minimum Gasteiger partial charge on any atom is -0.361 e. The molecule has 2 aromatic rings. The number of nitrogens with zero attached hydrogens (tertiary/aromatic N) is 5. The van der Waals surface area contributed by atoms with Crippen LogP contribution in [0.25, 0.3) is 0 Å². The molecule has 7 heteroatoms. The van der Waals surface area contributed by atoms with Crippen LogP contribution in [0.3, 0.4) is 0 Å². The molecular formula is C17H23N5O2. The van der Waals surface area contributed by atoms with Gasteiger partial charge in [-0.25, -0.2) is 0 Å². The Hall–Kier alpha value is -2.18. The summed E-state index contributed by atoms with van der Waals surface area (Å²) in [4.78, 5) is 14.8. The lowest BCUT2D eigenvalue weighted by Gasteiger charge is -2.29. The summed E-state index contributed by atoms with van der Waals surface area (Å²) in [5, 5.41) is 12.4. The van der Waals surface area contributed by atoms with Crippen LogP contribution in [0.15, 0.2) is 16.9 Å². The minimum absolute atomic E-state index is 0.0387. The molecule has 0 bridgehead atoms. The standard InChI is InChI=1S/C17H23N5O2/c1-3-21-11-18-19-15(21)13-9-22(10-17(13)6-4-5-7-17)16(23)14-8-12(2)24-20-14/h8,11,13H,3-7,9-10H2,1-2H3. The van der Waals surface area contributed by atoms with Gasteiger partial charge in [-0.3, -0.25) is 4.79 Å².